The lowest BCUT2D eigenvalue weighted by Crippen LogP contribution is -2.20. The maximum atomic E-state index is 11.9. The first-order valence-corrected chi connectivity index (χ1v) is 11.5. The SMILES string of the molecule is O=C(CCC/C=C\C[C@@H]1[C@@H](/C=C/[C@@H](O)CCc2ccccc2)[C@H](O)C[C@@H]1O)n1ccnc1. The number of hydrogen-bond donors (Lipinski definition) is 3. The van der Waals surface area contributed by atoms with Crippen LogP contribution in [-0.4, -0.2) is 49.1 Å². The van der Waals surface area contributed by atoms with E-state index in [0.717, 1.165) is 19.3 Å². The lowest BCUT2D eigenvalue weighted by molar-refractivity contribution is 0.0900. The fourth-order valence-corrected chi connectivity index (χ4v) is 4.30. The number of aliphatic hydroxyl groups is 3. The van der Waals surface area contributed by atoms with Gasteiger partial charge in [-0.3, -0.25) is 9.36 Å². The van der Waals surface area contributed by atoms with E-state index in [-0.39, 0.29) is 17.7 Å². The molecule has 5 atom stereocenters. The van der Waals surface area contributed by atoms with Crippen molar-refractivity contribution in [2.75, 3.05) is 0 Å². The molecule has 172 valence electrons. The standard InChI is InChI=1S/C26H34N2O4/c29-21(13-12-20-8-4-3-5-9-20)14-15-23-22(24(30)18-25(23)31)10-6-1-2-7-11-26(32)28-17-16-27-19-28/h1,3-6,8-9,14-17,19,21-25,29-31H,2,7,10-13,18H2/b6-1-,15-14+/t21-,22+,23+,24-,25+/m0/s1. The van der Waals surface area contributed by atoms with Crippen LogP contribution in [0.15, 0.2) is 73.4 Å². The molecule has 0 amide bonds. The minimum Gasteiger partial charge on any atom is -0.393 e. The highest BCUT2D eigenvalue weighted by molar-refractivity contribution is 5.78. The van der Waals surface area contributed by atoms with Crippen LogP contribution in [0.25, 0.3) is 0 Å². The molecule has 32 heavy (non-hydrogen) atoms. The second-order valence-electron chi connectivity index (χ2n) is 8.55. The summed E-state index contributed by atoms with van der Waals surface area (Å²) in [6.45, 7) is 0. The third-order valence-electron chi connectivity index (χ3n) is 6.17. The van der Waals surface area contributed by atoms with E-state index in [1.807, 2.05) is 48.6 Å². The second kappa shape index (κ2) is 12.5. The van der Waals surface area contributed by atoms with Gasteiger partial charge in [-0.05, 0) is 43.6 Å². The fourth-order valence-electron chi connectivity index (χ4n) is 4.30. The van der Waals surface area contributed by atoms with E-state index < -0.39 is 18.3 Å². The Kier molecular flexibility index (Phi) is 9.41. The number of aromatic nitrogens is 2. The van der Waals surface area contributed by atoms with E-state index in [2.05, 4.69) is 4.98 Å². The van der Waals surface area contributed by atoms with Gasteiger partial charge in [-0.15, -0.1) is 0 Å². The molecule has 2 aromatic rings. The molecule has 1 heterocycles. The highest BCUT2D eigenvalue weighted by Gasteiger charge is 2.39. The van der Waals surface area contributed by atoms with Crippen LogP contribution in [-0.2, 0) is 6.42 Å². The number of allylic oxidation sites excluding steroid dienone is 2. The number of nitrogens with zero attached hydrogens (tertiary/aromatic N) is 2. The molecule has 1 aromatic carbocycles. The van der Waals surface area contributed by atoms with Crippen molar-refractivity contribution in [2.45, 2.75) is 63.3 Å². The lowest BCUT2D eigenvalue weighted by Gasteiger charge is -2.19. The number of unbranched alkanes of at least 4 members (excludes halogenated alkanes) is 1. The van der Waals surface area contributed by atoms with Crippen LogP contribution >= 0.6 is 0 Å². The summed E-state index contributed by atoms with van der Waals surface area (Å²) in [5.74, 6) is -0.225. The van der Waals surface area contributed by atoms with Gasteiger partial charge in [-0.2, -0.15) is 0 Å². The topological polar surface area (TPSA) is 95.6 Å². The molecule has 6 heteroatoms. The van der Waals surface area contributed by atoms with Crippen molar-refractivity contribution in [3.63, 3.8) is 0 Å². The Morgan fingerprint density at radius 1 is 1.19 bits per heavy atom. The second-order valence-corrected chi connectivity index (χ2v) is 8.55. The number of carbonyl (C=O) groups excluding carboxylic acids is 1. The summed E-state index contributed by atoms with van der Waals surface area (Å²) in [6, 6.07) is 10.0. The van der Waals surface area contributed by atoms with E-state index in [4.69, 9.17) is 0 Å². The van der Waals surface area contributed by atoms with Gasteiger partial charge in [-0.1, -0.05) is 54.6 Å². The van der Waals surface area contributed by atoms with E-state index in [0.29, 0.717) is 25.7 Å². The van der Waals surface area contributed by atoms with Gasteiger partial charge < -0.3 is 15.3 Å². The highest BCUT2D eigenvalue weighted by atomic mass is 16.3. The van der Waals surface area contributed by atoms with Gasteiger partial charge in [0.2, 0.25) is 5.91 Å². The molecule has 0 radical (unpaired) electrons. The number of aryl methyl sites for hydroxylation is 1. The molecule has 1 aliphatic carbocycles. The van der Waals surface area contributed by atoms with Gasteiger partial charge >= 0.3 is 0 Å². The maximum absolute atomic E-state index is 11.9. The van der Waals surface area contributed by atoms with Gasteiger partial charge in [0.1, 0.15) is 6.33 Å². The summed E-state index contributed by atoms with van der Waals surface area (Å²) in [6.07, 6.45) is 15.1. The number of imidazole rings is 1. The van der Waals surface area contributed by atoms with Crippen molar-refractivity contribution >= 4 is 5.91 Å². The zero-order valence-corrected chi connectivity index (χ0v) is 18.4. The van der Waals surface area contributed by atoms with Gasteiger partial charge in [0.25, 0.3) is 0 Å². The molecule has 3 N–H and O–H groups in total. The molecule has 0 bridgehead atoms. The zero-order chi connectivity index (χ0) is 22.8. The summed E-state index contributed by atoms with van der Waals surface area (Å²) >= 11 is 0. The average Bonchev–Trinajstić information content (AvgIpc) is 3.42. The predicted molar refractivity (Wildman–Crippen MR) is 124 cm³/mol. The maximum Gasteiger partial charge on any atom is 0.231 e. The third kappa shape index (κ3) is 7.26. The molecule has 1 fully saturated rings. The van der Waals surface area contributed by atoms with E-state index in [1.54, 1.807) is 18.5 Å². The first-order valence-electron chi connectivity index (χ1n) is 11.5. The summed E-state index contributed by atoms with van der Waals surface area (Å²) in [7, 11) is 0. The van der Waals surface area contributed by atoms with Crippen molar-refractivity contribution in [2.24, 2.45) is 11.8 Å². The Balaban J connectivity index is 1.42. The Hall–Kier alpha value is -2.54. The third-order valence-corrected chi connectivity index (χ3v) is 6.17. The smallest absolute Gasteiger partial charge is 0.231 e. The summed E-state index contributed by atoms with van der Waals surface area (Å²) < 4.78 is 1.49. The largest absolute Gasteiger partial charge is 0.393 e. The van der Waals surface area contributed by atoms with Crippen molar-refractivity contribution in [1.82, 2.24) is 9.55 Å². The minimum absolute atomic E-state index is 0.0289. The first-order chi connectivity index (χ1) is 15.5. The van der Waals surface area contributed by atoms with Crippen molar-refractivity contribution in [3.8, 4) is 0 Å². The van der Waals surface area contributed by atoms with Crippen LogP contribution in [0.4, 0.5) is 0 Å². The molecule has 1 aliphatic rings. The van der Waals surface area contributed by atoms with Crippen LogP contribution in [0.1, 0.15) is 48.9 Å². The molecule has 1 saturated carbocycles. The zero-order valence-electron chi connectivity index (χ0n) is 18.4. The van der Waals surface area contributed by atoms with Crippen LogP contribution in [0.5, 0.6) is 0 Å². The number of rotatable bonds is 11. The fraction of sp³-hybridized carbons (Fsp3) is 0.462. The van der Waals surface area contributed by atoms with Gasteiger partial charge in [-0.25, -0.2) is 4.98 Å². The summed E-state index contributed by atoms with van der Waals surface area (Å²) in [5.41, 5.74) is 1.19. The van der Waals surface area contributed by atoms with E-state index in [1.165, 1.54) is 16.5 Å². The number of hydrogen-bond acceptors (Lipinski definition) is 5. The van der Waals surface area contributed by atoms with Crippen LogP contribution in [0, 0.1) is 11.8 Å². The van der Waals surface area contributed by atoms with E-state index in [9.17, 15) is 20.1 Å². The minimum atomic E-state index is -0.603. The lowest BCUT2D eigenvalue weighted by atomic mass is 9.89. The van der Waals surface area contributed by atoms with Crippen molar-refractivity contribution in [1.29, 1.82) is 0 Å². The molecule has 3 rings (SSSR count). The van der Waals surface area contributed by atoms with Gasteiger partial charge in [0.15, 0.2) is 0 Å². The molecular formula is C26H34N2O4. The normalized spacial score (nSPS) is 24.5. The Bertz CT molecular complexity index is 863. The molecule has 0 aliphatic heterocycles. The predicted octanol–water partition coefficient (Wildman–Crippen LogP) is 3.55. The molecule has 1 aromatic heterocycles. The Labute approximate surface area is 189 Å². The monoisotopic (exact) mass is 438 g/mol. The molecule has 6 nitrogen and oxygen atoms in total. The summed E-state index contributed by atoms with van der Waals surface area (Å²) in [5, 5.41) is 31.1. The summed E-state index contributed by atoms with van der Waals surface area (Å²) in [4.78, 5) is 15.8. The molecule has 0 spiro atoms. The number of carbonyl (C=O) groups is 1. The Morgan fingerprint density at radius 3 is 2.75 bits per heavy atom. The van der Waals surface area contributed by atoms with E-state index >= 15 is 0 Å². The quantitative estimate of drug-likeness (QED) is 0.368. The van der Waals surface area contributed by atoms with Crippen LogP contribution < -0.4 is 0 Å². The van der Waals surface area contributed by atoms with Crippen LogP contribution in [0.3, 0.4) is 0 Å². The Morgan fingerprint density at radius 2 is 2.00 bits per heavy atom. The number of aliphatic hydroxyl groups excluding tert-OH is 3. The molecular weight excluding hydrogens is 404 g/mol. The van der Waals surface area contributed by atoms with Crippen molar-refractivity contribution in [3.05, 3.63) is 78.9 Å². The molecule has 0 saturated heterocycles. The first kappa shape index (κ1) is 24.1. The van der Waals surface area contributed by atoms with Crippen LogP contribution in [0.2, 0.25) is 0 Å². The van der Waals surface area contributed by atoms with Gasteiger partial charge in [0, 0.05) is 31.2 Å². The van der Waals surface area contributed by atoms with Crippen molar-refractivity contribution < 1.29 is 20.1 Å². The van der Waals surface area contributed by atoms with Gasteiger partial charge in [0.05, 0.1) is 18.3 Å². The number of benzene rings is 1. The molecule has 0 unspecified atom stereocenters. The highest BCUT2D eigenvalue weighted by Crippen LogP contribution is 2.36. The average molecular weight is 439 g/mol.